The Labute approximate surface area is 109 Å². The molecule has 0 aromatic heterocycles. The summed E-state index contributed by atoms with van der Waals surface area (Å²) in [7, 11) is 0. The van der Waals surface area contributed by atoms with Crippen LogP contribution in [-0.2, 0) is 33.4 Å². The van der Waals surface area contributed by atoms with Crippen molar-refractivity contribution in [1.29, 1.82) is 0 Å². The Morgan fingerprint density at radius 2 is 1.26 bits per heavy atom. The van der Waals surface area contributed by atoms with Crippen molar-refractivity contribution in [2.45, 2.75) is 39.5 Å². The SMILES string of the molecule is CCCC(=O)OC1=C(OC(=O)CCC)C(=O)OC1=O. The largest absolute Gasteiger partial charge is 0.414 e. The summed E-state index contributed by atoms with van der Waals surface area (Å²) in [5, 5.41) is 0. The van der Waals surface area contributed by atoms with E-state index in [1.54, 1.807) is 13.8 Å². The van der Waals surface area contributed by atoms with Crippen molar-refractivity contribution in [3.05, 3.63) is 11.5 Å². The standard InChI is InChI=1S/C12H14O7/c1-3-5-7(13)17-9-10(12(16)19-11(9)15)18-8(14)6-4-2/h3-6H2,1-2H3. The van der Waals surface area contributed by atoms with E-state index in [1.165, 1.54) is 0 Å². The number of cyclic esters (lactones) is 2. The Balaban J connectivity index is 2.87. The second kappa shape index (κ2) is 6.67. The van der Waals surface area contributed by atoms with Gasteiger partial charge in [0.15, 0.2) is 0 Å². The average molecular weight is 270 g/mol. The minimum Gasteiger partial charge on any atom is -0.414 e. The molecule has 19 heavy (non-hydrogen) atoms. The first-order valence-electron chi connectivity index (χ1n) is 5.91. The third-order valence-corrected chi connectivity index (χ3v) is 2.10. The Kier molecular flexibility index (Phi) is 5.23. The molecule has 1 aliphatic heterocycles. The number of carbonyl (C=O) groups excluding carboxylic acids is 4. The van der Waals surface area contributed by atoms with Crippen LogP contribution in [0.15, 0.2) is 11.5 Å². The van der Waals surface area contributed by atoms with Gasteiger partial charge in [-0.1, -0.05) is 13.8 Å². The van der Waals surface area contributed by atoms with Crippen LogP contribution in [0.3, 0.4) is 0 Å². The van der Waals surface area contributed by atoms with Gasteiger partial charge in [-0.15, -0.1) is 0 Å². The molecule has 0 saturated carbocycles. The highest BCUT2D eigenvalue weighted by Crippen LogP contribution is 2.21. The van der Waals surface area contributed by atoms with Gasteiger partial charge in [-0.3, -0.25) is 9.59 Å². The Morgan fingerprint density at radius 1 is 0.895 bits per heavy atom. The predicted octanol–water partition coefficient (Wildman–Crippen LogP) is 0.968. The molecule has 0 fully saturated rings. The molecule has 7 nitrogen and oxygen atoms in total. The summed E-state index contributed by atoms with van der Waals surface area (Å²) in [6, 6.07) is 0. The molecular formula is C12H14O7. The quantitative estimate of drug-likeness (QED) is 0.403. The van der Waals surface area contributed by atoms with Gasteiger partial charge in [0, 0.05) is 12.8 Å². The zero-order chi connectivity index (χ0) is 14.4. The topological polar surface area (TPSA) is 96.0 Å². The zero-order valence-electron chi connectivity index (χ0n) is 10.7. The first-order chi connectivity index (χ1) is 8.99. The summed E-state index contributed by atoms with van der Waals surface area (Å²) in [6.07, 6.45) is 1.17. The van der Waals surface area contributed by atoms with E-state index in [1.807, 2.05) is 0 Å². The van der Waals surface area contributed by atoms with Gasteiger partial charge in [-0.2, -0.15) is 0 Å². The molecule has 1 heterocycles. The van der Waals surface area contributed by atoms with Crippen molar-refractivity contribution < 1.29 is 33.4 Å². The highest BCUT2D eigenvalue weighted by molar-refractivity contribution is 6.11. The minimum atomic E-state index is -1.13. The van der Waals surface area contributed by atoms with Crippen molar-refractivity contribution in [3.8, 4) is 0 Å². The lowest BCUT2D eigenvalue weighted by molar-refractivity contribution is -0.157. The lowest BCUT2D eigenvalue weighted by Crippen LogP contribution is -2.12. The summed E-state index contributed by atoms with van der Waals surface area (Å²) in [4.78, 5) is 45.2. The summed E-state index contributed by atoms with van der Waals surface area (Å²) in [5.74, 6) is -4.98. The van der Waals surface area contributed by atoms with E-state index >= 15 is 0 Å². The second-order valence-corrected chi connectivity index (χ2v) is 3.78. The maximum absolute atomic E-state index is 11.3. The molecule has 0 spiro atoms. The van der Waals surface area contributed by atoms with E-state index in [2.05, 4.69) is 4.74 Å². The number of hydrogen-bond donors (Lipinski definition) is 0. The third-order valence-electron chi connectivity index (χ3n) is 2.10. The van der Waals surface area contributed by atoms with Crippen LogP contribution in [0.25, 0.3) is 0 Å². The van der Waals surface area contributed by atoms with Gasteiger partial charge in [0.1, 0.15) is 0 Å². The molecule has 1 aliphatic rings. The van der Waals surface area contributed by atoms with Crippen molar-refractivity contribution in [2.24, 2.45) is 0 Å². The molecule has 104 valence electrons. The van der Waals surface area contributed by atoms with Gasteiger partial charge in [0.05, 0.1) is 0 Å². The Bertz CT molecular complexity index is 407. The molecule has 0 unspecified atom stereocenters. The summed E-state index contributed by atoms with van der Waals surface area (Å²) in [5.41, 5.74) is 0. The molecule has 0 N–H and O–H groups in total. The van der Waals surface area contributed by atoms with Gasteiger partial charge >= 0.3 is 23.9 Å². The molecule has 0 amide bonds. The van der Waals surface area contributed by atoms with Crippen molar-refractivity contribution >= 4 is 23.9 Å². The molecule has 0 atom stereocenters. The van der Waals surface area contributed by atoms with Gasteiger partial charge in [0.25, 0.3) is 11.5 Å². The fourth-order valence-corrected chi connectivity index (χ4v) is 1.28. The van der Waals surface area contributed by atoms with Crippen LogP contribution in [0.1, 0.15) is 39.5 Å². The second-order valence-electron chi connectivity index (χ2n) is 3.78. The normalized spacial score (nSPS) is 14.4. The predicted molar refractivity (Wildman–Crippen MR) is 60.1 cm³/mol. The lowest BCUT2D eigenvalue weighted by atomic mass is 10.3. The monoisotopic (exact) mass is 270 g/mol. The van der Waals surface area contributed by atoms with Crippen LogP contribution in [0.4, 0.5) is 0 Å². The zero-order valence-corrected chi connectivity index (χ0v) is 10.7. The van der Waals surface area contributed by atoms with Crippen molar-refractivity contribution in [1.82, 2.24) is 0 Å². The number of hydrogen-bond acceptors (Lipinski definition) is 7. The van der Waals surface area contributed by atoms with Crippen LogP contribution in [0.5, 0.6) is 0 Å². The lowest BCUT2D eigenvalue weighted by Gasteiger charge is -2.04. The highest BCUT2D eigenvalue weighted by Gasteiger charge is 2.39. The Morgan fingerprint density at radius 3 is 1.58 bits per heavy atom. The smallest absolute Gasteiger partial charge is 0.386 e. The molecule has 0 aliphatic carbocycles. The minimum absolute atomic E-state index is 0.0706. The molecule has 7 heteroatoms. The van der Waals surface area contributed by atoms with E-state index in [4.69, 9.17) is 9.47 Å². The molecule has 0 bridgehead atoms. The molecular weight excluding hydrogens is 256 g/mol. The van der Waals surface area contributed by atoms with E-state index < -0.39 is 35.4 Å². The molecule has 0 saturated heterocycles. The van der Waals surface area contributed by atoms with E-state index in [0.29, 0.717) is 12.8 Å². The maximum Gasteiger partial charge on any atom is 0.386 e. The number of ether oxygens (including phenoxy) is 3. The average Bonchev–Trinajstić information content (AvgIpc) is 2.57. The van der Waals surface area contributed by atoms with Crippen LogP contribution < -0.4 is 0 Å². The fraction of sp³-hybridized carbons (Fsp3) is 0.500. The van der Waals surface area contributed by atoms with E-state index in [-0.39, 0.29) is 12.8 Å². The van der Waals surface area contributed by atoms with Crippen LogP contribution in [-0.4, -0.2) is 23.9 Å². The van der Waals surface area contributed by atoms with Gasteiger partial charge in [-0.25, -0.2) is 9.59 Å². The summed E-state index contributed by atoms with van der Waals surface area (Å²) < 4.78 is 13.6. The van der Waals surface area contributed by atoms with E-state index in [9.17, 15) is 19.2 Å². The van der Waals surface area contributed by atoms with Crippen LogP contribution in [0, 0.1) is 0 Å². The number of rotatable bonds is 6. The van der Waals surface area contributed by atoms with Crippen LogP contribution >= 0.6 is 0 Å². The molecule has 1 rings (SSSR count). The van der Waals surface area contributed by atoms with Crippen LogP contribution in [0.2, 0.25) is 0 Å². The molecule has 0 aromatic rings. The van der Waals surface area contributed by atoms with E-state index in [0.717, 1.165) is 0 Å². The summed E-state index contributed by atoms with van der Waals surface area (Å²) in [6.45, 7) is 3.49. The van der Waals surface area contributed by atoms with Crippen molar-refractivity contribution in [3.63, 3.8) is 0 Å². The Hall–Kier alpha value is -2.18. The fourth-order valence-electron chi connectivity index (χ4n) is 1.28. The number of carbonyl (C=O) groups is 4. The summed E-state index contributed by atoms with van der Waals surface area (Å²) >= 11 is 0. The van der Waals surface area contributed by atoms with Gasteiger partial charge < -0.3 is 14.2 Å². The highest BCUT2D eigenvalue weighted by atomic mass is 16.7. The van der Waals surface area contributed by atoms with Crippen molar-refractivity contribution in [2.75, 3.05) is 0 Å². The van der Waals surface area contributed by atoms with Gasteiger partial charge in [-0.05, 0) is 12.8 Å². The molecule has 0 aromatic carbocycles. The number of esters is 4. The third kappa shape index (κ3) is 3.90. The molecule has 0 radical (unpaired) electrons. The van der Waals surface area contributed by atoms with Gasteiger partial charge in [0.2, 0.25) is 0 Å². The first kappa shape index (κ1) is 14.9. The first-order valence-corrected chi connectivity index (χ1v) is 5.91. The maximum atomic E-state index is 11.3.